The zero-order chi connectivity index (χ0) is 29.6. The number of hydrogen-bond acceptors (Lipinski definition) is 6. The first kappa shape index (κ1) is 32.5. The van der Waals surface area contributed by atoms with Crippen molar-refractivity contribution >= 4 is 45.1 Å². The fourth-order valence-electron chi connectivity index (χ4n) is 4.73. The van der Waals surface area contributed by atoms with E-state index in [2.05, 4.69) is 13.8 Å². The number of hydrogen-bond donors (Lipinski definition) is 0. The molecule has 3 aromatic rings. The topological polar surface area (TPSA) is 71.1 Å². The molecule has 224 valence electrons. The van der Waals surface area contributed by atoms with Gasteiger partial charge in [0.15, 0.2) is 0 Å². The van der Waals surface area contributed by atoms with Gasteiger partial charge in [0, 0.05) is 39.4 Å². The van der Waals surface area contributed by atoms with E-state index in [-0.39, 0.29) is 37.4 Å². The molecule has 0 N–H and O–H groups in total. The van der Waals surface area contributed by atoms with E-state index in [9.17, 15) is 9.59 Å². The van der Waals surface area contributed by atoms with Gasteiger partial charge in [-0.3, -0.25) is 9.59 Å². The molecular formula is C34H45ClO6. The zero-order valence-corrected chi connectivity index (χ0v) is 25.8. The van der Waals surface area contributed by atoms with Crippen LogP contribution in [0.15, 0.2) is 42.5 Å². The third-order valence-corrected chi connectivity index (χ3v) is 7.43. The molecule has 0 spiro atoms. The average Bonchev–Trinajstić information content (AvgIpc) is 2.97. The number of ether oxygens (including phenoxy) is 4. The Bertz CT molecular complexity index is 1270. The summed E-state index contributed by atoms with van der Waals surface area (Å²) in [5.74, 6) is 0.984. The van der Waals surface area contributed by atoms with Gasteiger partial charge in [-0.25, -0.2) is 0 Å². The van der Waals surface area contributed by atoms with Gasteiger partial charge in [0.05, 0.1) is 0 Å². The first-order valence-corrected chi connectivity index (χ1v) is 15.6. The number of rotatable bonds is 18. The van der Waals surface area contributed by atoms with Gasteiger partial charge in [0.25, 0.3) is 0 Å². The lowest BCUT2D eigenvalue weighted by Crippen LogP contribution is -2.25. The maximum Gasteiger partial charge on any atom is 0.306 e. The molecule has 3 aromatic carbocycles. The van der Waals surface area contributed by atoms with Crippen LogP contribution in [-0.2, 0) is 19.1 Å². The maximum absolute atomic E-state index is 12.4. The molecule has 0 aromatic heterocycles. The molecule has 0 fully saturated rings. The van der Waals surface area contributed by atoms with Crippen LogP contribution in [0.2, 0.25) is 5.02 Å². The molecule has 0 aliphatic carbocycles. The molecule has 7 heteroatoms. The molecule has 0 saturated heterocycles. The van der Waals surface area contributed by atoms with Crippen molar-refractivity contribution in [3.63, 3.8) is 0 Å². The Morgan fingerprint density at radius 1 is 0.659 bits per heavy atom. The van der Waals surface area contributed by atoms with E-state index >= 15 is 0 Å². The summed E-state index contributed by atoms with van der Waals surface area (Å²) in [4.78, 5) is 24.7. The van der Waals surface area contributed by atoms with Gasteiger partial charge in [0.1, 0.15) is 36.9 Å². The van der Waals surface area contributed by atoms with Gasteiger partial charge in [-0.2, -0.15) is 0 Å². The number of carbonyl (C=O) groups excluding carboxylic acids is 2. The molecule has 0 saturated carbocycles. The van der Waals surface area contributed by atoms with Gasteiger partial charge in [-0.05, 0) is 43.9 Å². The predicted octanol–water partition coefficient (Wildman–Crippen LogP) is 9.21. The third kappa shape index (κ3) is 9.53. The summed E-state index contributed by atoms with van der Waals surface area (Å²) in [6.45, 7) is 8.66. The fraction of sp³-hybridized carbons (Fsp3) is 0.529. The van der Waals surface area contributed by atoms with Crippen molar-refractivity contribution in [3.8, 4) is 11.5 Å². The first-order valence-electron chi connectivity index (χ1n) is 15.2. The minimum absolute atomic E-state index is 0.185. The van der Waals surface area contributed by atoms with E-state index in [1.807, 2.05) is 56.3 Å². The van der Waals surface area contributed by atoms with E-state index in [1.165, 1.54) is 0 Å². The summed E-state index contributed by atoms with van der Waals surface area (Å²) in [6.07, 6.45) is 7.24. The van der Waals surface area contributed by atoms with Crippen LogP contribution in [0.3, 0.4) is 0 Å². The van der Waals surface area contributed by atoms with Crippen molar-refractivity contribution in [1.82, 2.24) is 0 Å². The molecule has 0 aliphatic rings. The number of esters is 2. The predicted molar refractivity (Wildman–Crippen MR) is 166 cm³/mol. The van der Waals surface area contributed by atoms with E-state index < -0.39 is 0 Å². The normalized spacial score (nSPS) is 12.7. The van der Waals surface area contributed by atoms with Crippen LogP contribution in [0.25, 0.3) is 21.5 Å². The Hall–Kier alpha value is -2.99. The molecule has 3 rings (SSSR count). The van der Waals surface area contributed by atoms with E-state index in [0.29, 0.717) is 42.2 Å². The summed E-state index contributed by atoms with van der Waals surface area (Å²) in [6, 6.07) is 13.5. The molecule has 0 aliphatic heterocycles. The maximum atomic E-state index is 12.4. The first-order chi connectivity index (χ1) is 19.9. The van der Waals surface area contributed by atoms with Gasteiger partial charge in [-0.1, -0.05) is 89.2 Å². The lowest BCUT2D eigenvalue weighted by atomic mass is 10.0. The third-order valence-electron chi connectivity index (χ3n) is 7.19. The van der Waals surface area contributed by atoms with Crippen molar-refractivity contribution < 1.29 is 28.5 Å². The Balaban J connectivity index is 1.86. The smallest absolute Gasteiger partial charge is 0.306 e. The van der Waals surface area contributed by atoms with Crippen molar-refractivity contribution in [2.75, 3.05) is 13.2 Å². The molecule has 0 bridgehead atoms. The molecule has 6 nitrogen and oxygen atoms in total. The van der Waals surface area contributed by atoms with Crippen LogP contribution in [0.5, 0.6) is 11.5 Å². The molecule has 2 unspecified atom stereocenters. The Kier molecular flexibility index (Phi) is 13.5. The standard InChI is InChI=1S/C34H45ClO6/c1-5-9-11-17-31(36)40-25(7-3)22-38-33-27-15-13-14-16-28(27)34(30-21-24(35)19-20-29(30)33)39-23-26(8-4)41-32(37)18-12-10-6-2/h13-16,19-21,25-26H,5-12,17-18,22-23H2,1-4H3. The van der Waals surface area contributed by atoms with Gasteiger partial charge < -0.3 is 18.9 Å². The second kappa shape index (κ2) is 17.1. The lowest BCUT2D eigenvalue weighted by Gasteiger charge is -2.22. The number of carbonyl (C=O) groups is 2. The van der Waals surface area contributed by atoms with Crippen LogP contribution in [0.4, 0.5) is 0 Å². The van der Waals surface area contributed by atoms with Gasteiger partial charge in [0.2, 0.25) is 0 Å². The quantitative estimate of drug-likeness (QED) is 0.0843. The van der Waals surface area contributed by atoms with Crippen molar-refractivity contribution in [3.05, 3.63) is 47.5 Å². The summed E-state index contributed by atoms with van der Waals surface area (Å²) < 4.78 is 24.3. The minimum Gasteiger partial charge on any atom is -0.488 e. The number of halogens is 1. The van der Waals surface area contributed by atoms with Crippen LogP contribution in [0, 0.1) is 0 Å². The Morgan fingerprint density at radius 2 is 1.12 bits per heavy atom. The highest BCUT2D eigenvalue weighted by Crippen LogP contribution is 2.44. The average molecular weight is 585 g/mol. The summed E-state index contributed by atoms with van der Waals surface area (Å²) in [7, 11) is 0. The van der Waals surface area contributed by atoms with Crippen molar-refractivity contribution in [1.29, 1.82) is 0 Å². The lowest BCUT2D eigenvalue weighted by molar-refractivity contribution is -0.151. The van der Waals surface area contributed by atoms with Crippen LogP contribution < -0.4 is 9.47 Å². The number of unbranched alkanes of at least 4 members (excludes halogenated alkanes) is 4. The molecule has 0 heterocycles. The fourth-order valence-corrected chi connectivity index (χ4v) is 4.91. The van der Waals surface area contributed by atoms with E-state index in [0.717, 1.165) is 60.1 Å². The highest BCUT2D eigenvalue weighted by atomic mass is 35.5. The Labute approximate surface area is 249 Å². The SMILES string of the molecule is CCCCCC(=O)OC(CC)COc1c2ccccc2c(OCC(CC)OC(=O)CCCCC)c2cc(Cl)ccc12. The zero-order valence-electron chi connectivity index (χ0n) is 25.0. The highest BCUT2D eigenvalue weighted by Gasteiger charge is 2.21. The summed E-state index contributed by atoms with van der Waals surface area (Å²) in [5, 5.41) is 3.97. The molecule has 0 radical (unpaired) electrons. The highest BCUT2D eigenvalue weighted by molar-refractivity contribution is 6.31. The monoisotopic (exact) mass is 584 g/mol. The van der Waals surface area contributed by atoms with Crippen LogP contribution in [-0.4, -0.2) is 37.4 Å². The molecular weight excluding hydrogens is 540 g/mol. The molecule has 41 heavy (non-hydrogen) atoms. The van der Waals surface area contributed by atoms with Crippen molar-refractivity contribution in [2.45, 2.75) is 104 Å². The van der Waals surface area contributed by atoms with Crippen LogP contribution >= 0.6 is 11.6 Å². The number of benzene rings is 3. The van der Waals surface area contributed by atoms with E-state index in [1.54, 1.807) is 0 Å². The number of fused-ring (bicyclic) bond motifs is 2. The minimum atomic E-state index is -0.356. The Morgan fingerprint density at radius 3 is 1.59 bits per heavy atom. The van der Waals surface area contributed by atoms with E-state index in [4.69, 9.17) is 30.5 Å². The van der Waals surface area contributed by atoms with Gasteiger partial charge >= 0.3 is 11.9 Å². The summed E-state index contributed by atoms with van der Waals surface area (Å²) >= 11 is 6.45. The molecule has 2 atom stereocenters. The van der Waals surface area contributed by atoms with Crippen LogP contribution in [0.1, 0.15) is 91.9 Å². The second-order valence-electron chi connectivity index (χ2n) is 10.5. The van der Waals surface area contributed by atoms with Gasteiger partial charge in [-0.15, -0.1) is 0 Å². The second-order valence-corrected chi connectivity index (χ2v) is 10.9. The molecule has 0 amide bonds. The van der Waals surface area contributed by atoms with Crippen molar-refractivity contribution in [2.24, 2.45) is 0 Å². The largest absolute Gasteiger partial charge is 0.488 e. The summed E-state index contributed by atoms with van der Waals surface area (Å²) in [5.41, 5.74) is 0.